The van der Waals surface area contributed by atoms with Gasteiger partial charge in [0.2, 0.25) is 0 Å². The molecule has 0 aromatic carbocycles. The number of nitrogens with zero attached hydrogens (tertiary/aromatic N) is 2. The summed E-state index contributed by atoms with van der Waals surface area (Å²) in [7, 11) is 0. The number of nitro groups is 1. The van der Waals surface area contributed by atoms with Crippen molar-refractivity contribution in [2.24, 2.45) is 0 Å². The van der Waals surface area contributed by atoms with Crippen LogP contribution < -0.4 is 5.32 Å². The average Bonchev–Trinajstić information content (AvgIpc) is 2.89. The zero-order valence-electron chi connectivity index (χ0n) is 7.84. The van der Waals surface area contributed by atoms with Crippen LogP contribution in [0, 0.1) is 21.4 Å². The maximum atomic E-state index is 10.5. The van der Waals surface area contributed by atoms with Crippen LogP contribution in [0.15, 0.2) is 12.1 Å². The molecule has 2 rings (SSSR count). The molecule has 1 aliphatic carbocycles. The van der Waals surface area contributed by atoms with Crippen LogP contribution >= 0.6 is 11.3 Å². The fourth-order valence-electron chi connectivity index (χ4n) is 1.26. The van der Waals surface area contributed by atoms with Crippen molar-refractivity contribution in [2.45, 2.75) is 24.9 Å². The molecule has 78 valence electrons. The van der Waals surface area contributed by atoms with E-state index in [9.17, 15) is 10.1 Å². The molecule has 1 unspecified atom stereocenters. The molecule has 5 nitrogen and oxygen atoms in total. The Bertz CT molecular complexity index is 419. The molecular weight excluding hydrogens is 214 g/mol. The quantitative estimate of drug-likeness (QED) is 0.625. The number of thiophene rings is 1. The normalized spacial score (nSPS) is 17.0. The molecule has 1 aromatic rings. The maximum Gasteiger partial charge on any atom is 0.324 e. The van der Waals surface area contributed by atoms with Crippen molar-refractivity contribution in [2.75, 3.05) is 0 Å². The van der Waals surface area contributed by atoms with Crippen LogP contribution in [-0.2, 0) is 0 Å². The Labute approximate surface area is 90.5 Å². The first-order valence-electron chi connectivity index (χ1n) is 4.60. The Hall–Kier alpha value is -1.45. The van der Waals surface area contributed by atoms with Crippen molar-refractivity contribution in [3.05, 3.63) is 27.1 Å². The Morgan fingerprint density at radius 1 is 1.67 bits per heavy atom. The topological polar surface area (TPSA) is 79.0 Å². The van der Waals surface area contributed by atoms with E-state index in [1.54, 1.807) is 6.07 Å². The molecule has 0 radical (unpaired) electrons. The van der Waals surface area contributed by atoms with E-state index in [-0.39, 0.29) is 5.00 Å². The third kappa shape index (κ3) is 2.32. The molecule has 1 N–H and O–H groups in total. The van der Waals surface area contributed by atoms with Gasteiger partial charge in [0.1, 0.15) is 6.04 Å². The highest BCUT2D eigenvalue weighted by Crippen LogP contribution is 2.31. The molecule has 1 heterocycles. The van der Waals surface area contributed by atoms with Crippen LogP contribution in [0.4, 0.5) is 5.00 Å². The van der Waals surface area contributed by atoms with Gasteiger partial charge in [-0.25, -0.2) is 0 Å². The van der Waals surface area contributed by atoms with Crippen LogP contribution in [0.25, 0.3) is 0 Å². The first-order chi connectivity index (χ1) is 7.20. The molecular formula is C9H9N3O2S. The molecule has 0 aliphatic heterocycles. The number of hydrogen-bond donors (Lipinski definition) is 1. The largest absolute Gasteiger partial charge is 0.324 e. The smallest absolute Gasteiger partial charge is 0.295 e. The zero-order valence-corrected chi connectivity index (χ0v) is 8.66. The van der Waals surface area contributed by atoms with E-state index < -0.39 is 11.0 Å². The first-order valence-corrected chi connectivity index (χ1v) is 5.42. The summed E-state index contributed by atoms with van der Waals surface area (Å²) in [5.74, 6) is 0. The predicted octanol–water partition coefficient (Wildman–Crippen LogP) is 1.97. The van der Waals surface area contributed by atoms with E-state index in [2.05, 4.69) is 11.4 Å². The van der Waals surface area contributed by atoms with Crippen molar-refractivity contribution < 1.29 is 4.92 Å². The van der Waals surface area contributed by atoms with Crippen molar-refractivity contribution in [1.82, 2.24) is 5.32 Å². The van der Waals surface area contributed by atoms with Crippen molar-refractivity contribution in [3.8, 4) is 6.07 Å². The summed E-state index contributed by atoms with van der Waals surface area (Å²) < 4.78 is 0. The maximum absolute atomic E-state index is 10.5. The second-order valence-corrected chi connectivity index (χ2v) is 4.53. The van der Waals surface area contributed by atoms with E-state index in [1.807, 2.05) is 0 Å². The van der Waals surface area contributed by atoms with E-state index in [0.717, 1.165) is 29.1 Å². The molecule has 1 saturated carbocycles. The van der Waals surface area contributed by atoms with Crippen LogP contribution in [0.5, 0.6) is 0 Å². The van der Waals surface area contributed by atoms with Gasteiger partial charge in [0.15, 0.2) is 0 Å². The lowest BCUT2D eigenvalue weighted by Gasteiger charge is -2.06. The highest BCUT2D eigenvalue weighted by molar-refractivity contribution is 7.15. The molecule has 1 fully saturated rings. The zero-order chi connectivity index (χ0) is 10.8. The number of nitriles is 1. The van der Waals surface area contributed by atoms with Crippen LogP contribution in [0.3, 0.4) is 0 Å². The van der Waals surface area contributed by atoms with E-state index in [0.29, 0.717) is 6.04 Å². The summed E-state index contributed by atoms with van der Waals surface area (Å²) in [6, 6.07) is 5.21. The highest BCUT2D eigenvalue weighted by Gasteiger charge is 2.26. The van der Waals surface area contributed by atoms with Gasteiger partial charge in [0.05, 0.1) is 11.0 Å². The van der Waals surface area contributed by atoms with Crippen LogP contribution in [-0.4, -0.2) is 11.0 Å². The van der Waals surface area contributed by atoms with Gasteiger partial charge < -0.3 is 0 Å². The number of hydrogen-bond acceptors (Lipinski definition) is 5. The molecule has 6 heteroatoms. The molecule has 15 heavy (non-hydrogen) atoms. The molecule has 0 spiro atoms. The fraction of sp³-hybridized carbons (Fsp3) is 0.444. The summed E-state index contributed by atoms with van der Waals surface area (Å²) >= 11 is 1.06. The highest BCUT2D eigenvalue weighted by atomic mass is 32.1. The Balaban J connectivity index is 2.11. The van der Waals surface area contributed by atoms with Gasteiger partial charge in [-0.1, -0.05) is 11.3 Å². The molecule has 1 aromatic heterocycles. The molecule has 1 aliphatic rings. The number of nitrogens with one attached hydrogen (secondary N) is 1. The minimum Gasteiger partial charge on any atom is -0.295 e. The van der Waals surface area contributed by atoms with E-state index >= 15 is 0 Å². The minimum atomic E-state index is -0.431. The Morgan fingerprint density at radius 3 is 2.87 bits per heavy atom. The van der Waals surface area contributed by atoms with Gasteiger partial charge in [0, 0.05) is 17.0 Å². The summed E-state index contributed by atoms with van der Waals surface area (Å²) in [5, 5.41) is 22.6. The average molecular weight is 223 g/mol. The first kappa shape index (κ1) is 10.1. The second-order valence-electron chi connectivity index (χ2n) is 3.44. The molecule has 0 bridgehead atoms. The van der Waals surface area contributed by atoms with Gasteiger partial charge >= 0.3 is 5.00 Å². The lowest BCUT2D eigenvalue weighted by Crippen LogP contribution is -2.20. The van der Waals surface area contributed by atoms with E-state index in [4.69, 9.17) is 5.26 Å². The second kappa shape index (κ2) is 3.96. The fourth-order valence-corrected chi connectivity index (χ4v) is 2.09. The summed E-state index contributed by atoms with van der Waals surface area (Å²) in [6.07, 6.45) is 2.18. The Kier molecular flexibility index (Phi) is 2.66. The predicted molar refractivity (Wildman–Crippen MR) is 55.5 cm³/mol. The third-order valence-electron chi connectivity index (χ3n) is 2.19. The van der Waals surface area contributed by atoms with Gasteiger partial charge in [-0.05, 0) is 18.9 Å². The van der Waals surface area contributed by atoms with E-state index in [1.165, 1.54) is 6.07 Å². The van der Waals surface area contributed by atoms with Crippen molar-refractivity contribution >= 4 is 16.3 Å². The lowest BCUT2D eigenvalue weighted by molar-refractivity contribution is -0.380. The third-order valence-corrected chi connectivity index (χ3v) is 3.29. The van der Waals surface area contributed by atoms with Gasteiger partial charge in [-0.2, -0.15) is 5.26 Å². The summed E-state index contributed by atoms with van der Waals surface area (Å²) in [4.78, 5) is 10.8. The number of rotatable bonds is 4. The monoisotopic (exact) mass is 223 g/mol. The van der Waals surface area contributed by atoms with Crippen LogP contribution in [0.2, 0.25) is 0 Å². The minimum absolute atomic E-state index is 0.0860. The van der Waals surface area contributed by atoms with Crippen molar-refractivity contribution in [1.29, 1.82) is 5.26 Å². The standard InChI is InChI=1S/C9H9N3O2S/c10-5-7(11-6-1-2-6)8-3-4-9(15-8)12(13)14/h3-4,6-7,11H,1-2H2. The van der Waals surface area contributed by atoms with Gasteiger partial charge in [-0.15, -0.1) is 0 Å². The lowest BCUT2D eigenvalue weighted by atomic mass is 10.2. The van der Waals surface area contributed by atoms with Gasteiger partial charge in [-0.3, -0.25) is 15.4 Å². The summed E-state index contributed by atoms with van der Waals surface area (Å²) in [6.45, 7) is 0. The van der Waals surface area contributed by atoms with Crippen molar-refractivity contribution in [3.63, 3.8) is 0 Å². The molecule has 1 atom stereocenters. The molecule has 0 amide bonds. The SMILES string of the molecule is N#CC(NC1CC1)c1ccc([N+](=O)[O-])s1. The van der Waals surface area contributed by atoms with Gasteiger partial charge in [0.25, 0.3) is 0 Å². The van der Waals surface area contributed by atoms with Crippen LogP contribution in [0.1, 0.15) is 23.8 Å². The Morgan fingerprint density at radius 2 is 2.40 bits per heavy atom. The summed E-state index contributed by atoms with van der Waals surface area (Å²) in [5.41, 5.74) is 0. The molecule has 0 saturated heterocycles.